The lowest BCUT2D eigenvalue weighted by Crippen LogP contribution is -2.29. The Labute approximate surface area is 189 Å². The van der Waals surface area contributed by atoms with Crippen LogP contribution in [0, 0.1) is 0 Å². The molecule has 0 spiro atoms. The number of benzene rings is 2. The number of allylic oxidation sites excluding steroid dienone is 5. The SMILES string of the molecule is CC(c1cc(Cl)cc(Cl)c1)c1nc2c(NCC(F)(F)C3=CCC=CC=C3)cccc2o1. The van der Waals surface area contributed by atoms with E-state index in [-0.39, 0.29) is 11.5 Å². The maximum absolute atomic E-state index is 14.7. The number of hydrogen-bond acceptors (Lipinski definition) is 3. The van der Waals surface area contributed by atoms with Crippen LogP contribution in [-0.4, -0.2) is 17.5 Å². The molecule has 31 heavy (non-hydrogen) atoms. The van der Waals surface area contributed by atoms with Crippen LogP contribution in [-0.2, 0) is 0 Å². The van der Waals surface area contributed by atoms with Crippen LogP contribution >= 0.6 is 23.2 Å². The van der Waals surface area contributed by atoms with Crippen LogP contribution in [0.2, 0.25) is 10.0 Å². The van der Waals surface area contributed by atoms with Gasteiger partial charge in [-0.25, -0.2) is 4.98 Å². The monoisotopic (exact) mass is 460 g/mol. The zero-order chi connectivity index (χ0) is 22.0. The van der Waals surface area contributed by atoms with Gasteiger partial charge >= 0.3 is 0 Å². The average molecular weight is 461 g/mol. The lowest BCUT2D eigenvalue weighted by atomic mass is 10.0. The quantitative estimate of drug-likeness (QED) is 0.408. The Morgan fingerprint density at radius 2 is 1.94 bits per heavy atom. The smallest absolute Gasteiger partial charge is 0.289 e. The Balaban J connectivity index is 1.58. The minimum atomic E-state index is -3.03. The second kappa shape index (κ2) is 8.85. The molecule has 3 nitrogen and oxygen atoms in total. The Morgan fingerprint density at radius 3 is 2.71 bits per heavy atom. The van der Waals surface area contributed by atoms with Gasteiger partial charge in [-0.1, -0.05) is 59.6 Å². The molecule has 0 radical (unpaired) electrons. The highest BCUT2D eigenvalue weighted by molar-refractivity contribution is 6.34. The number of alkyl halides is 2. The van der Waals surface area contributed by atoms with Crippen LogP contribution in [0.25, 0.3) is 11.1 Å². The van der Waals surface area contributed by atoms with Gasteiger partial charge in [0.25, 0.3) is 5.92 Å². The van der Waals surface area contributed by atoms with E-state index in [1.165, 1.54) is 12.2 Å². The molecule has 3 aromatic rings. The topological polar surface area (TPSA) is 38.1 Å². The summed E-state index contributed by atoms with van der Waals surface area (Å²) in [7, 11) is 0. The van der Waals surface area contributed by atoms with E-state index in [0.717, 1.165) is 5.56 Å². The van der Waals surface area contributed by atoms with Crippen molar-refractivity contribution in [2.75, 3.05) is 11.9 Å². The number of anilines is 1. The number of para-hydroxylation sites is 1. The third kappa shape index (κ3) is 4.83. The van der Waals surface area contributed by atoms with Crippen molar-refractivity contribution >= 4 is 40.0 Å². The summed E-state index contributed by atoms with van der Waals surface area (Å²) in [5, 5.41) is 3.89. The maximum atomic E-state index is 14.7. The summed E-state index contributed by atoms with van der Waals surface area (Å²) < 4.78 is 35.4. The number of halogens is 4. The third-order valence-corrected chi connectivity index (χ3v) is 5.55. The van der Waals surface area contributed by atoms with Crippen molar-refractivity contribution < 1.29 is 13.2 Å². The molecule has 2 aromatic carbocycles. The van der Waals surface area contributed by atoms with E-state index in [1.54, 1.807) is 48.6 Å². The number of aromatic nitrogens is 1. The van der Waals surface area contributed by atoms with E-state index in [0.29, 0.717) is 39.1 Å². The summed E-state index contributed by atoms with van der Waals surface area (Å²) in [5.74, 6) is -2.79. The molecular formula is C24H20Cl2F2N2O. The van der Waals surface area contributed by atoms with Crippen LogP contribution in [0.5, 0.6) is 0 Å². The Kier molecular flexibility index (Phi) is 6.17. The van der Waals surface area contributed by atoms with Crippen LogP contribution in [0.3, 0.4) is 0 Å². The Morgan fingerprint density at radius 1 is 1.16 bits per heavy atom. The normalized spacial score (nSPS) is 15.1. The van der Waals surface area contributed by atoms with E-state index >= 15 is 0 Å². The Bertz CT molecular complexity index is 1180. The molecule has 0 bridgehead atoms. The number of hydrogen-bond donors (Lipinski definition) is 1. The van der Waals surface area contributed by atoms with Crippen LogP contribution in [0.15, 0.2) is 76.8 Å². The zero-order valence-electron chi connectivity index (χ0n) is 16.7. The molecule has 1 aliphatic carbocycles. The standard InChI is InChI=1S/C24H20Cl2F2N2O/c1-15(16-11-18(25)13-19(26)12-16)23-30-22-20(9-6-10-21(22)31-23)29-14-24(27,28)17-7-4-2-3-5-8-17/h2-4,6-13,15,29H,5,14H2,1H3. The summed E-state index contributed by atoms with van der Waals surface area (Å²) in [6.45, 7) is 1.37. The number of fused-ring (bicyclic) bond motifs is 1. The molecule has 1 aromatic heterocycles. The van der Waals surface area contributed by atoms with Crippen molar-refractivity contribution in [2.45, 2.75) is 25.2 Å². The fourth-order valence-corrected chi connectivity index (χ4v) is 3.96. The number of nitrogens with zero attached hydrogens (tertiary/aromatic N) is 1. The van der Waals surface area contributed by atoms with Crippen molar-refractivity contribution in [1.29, 1.82) is 0 Å². The molecule has 1 aliphatic rings. The molecule has 1 unspecified atom stereocenters. The van der Waals surface area contributed by atoms with Crippen molar-refractivity contribution in [3.8, 4) is 0 Å². The molecule has 4 rings (SSSR count). The van der Waals surface area contributed by atoms with Gasteiger partial charge in [-0.15, -0.1) is 0 Å². The van der Waals surface area contributed by atoms with Gasteiger partial charge in [0, 0.05) is 15.6 Å². The first-order valence-corrected chi connectivity index (χ1v) is 10.6. The van der Waals surface area contributed by atoms with Crippen molar-refractivity contribution in [3.63, 3.8) is 0 Å². The molecule has 1 heterocycles. The summed E-state index contributed by atoms with van der Waals surface area (Å²) in [6, 6.07) is 10.5. The largest absolute Gasteiger partial charge is 0.440 e. The molecule has 160 valence electrons. The first kappa shape index (κ1) is 21.6. The molecular weight excluding hydrogens is 441 g/mol. The number of nitrogens with one attached hydrogen (secondary N) is 1. The molecule has 1 N–H and O–H groups in total. The van der Waals surface area contributed by atoms with Crippen molar-refractivity contribution in [3.05, 3.63) is 93.9 Å². The van der Waals surface area contributed by atoms with Gasteiger partial charge in [-0.3, -0.25) is 0 Å². The van der Waals surface area contributed by atoms with E-state index < -0.39 is 12.5 Å². The van der Waals surface area contributed by atoms with Gasteiger partial charge in [0.05, 0.1) is 18.2 Å². The van der Waals surface area contributed by atoms with Gasteiger partial charge in [0.15, 0.2) is 5.58 Å². The summed E-state index contributed by atoms with van der Waals surface area (Å²) >= 11 is 12.2. The molecule has 0 saturated heterocycles. The highest BCUT2D eigenvalue weighted by atomic mass is 35.5. The van der Waals surface area contributed by atoms with Crippen LogP contribution in [0.4, 0.5) is 14.5 Å². The van der Waals surface area contributed by atoms with Gasteiger partial charge in [-0.2, -0.15) is 8.78 Å². The van der Waals surface area contributed by atoms with Gasteiger partial charge in [0.2, 0.25) is 5.89 Å². The first-order chi connectivity index (χ1) is 14.8. The lowest BCUT2D eigenvalue weighted by Gasteiger charge is -2.19. The summed E-state index contributed by atoms with van der Waals surface area (Å²) in [4.78, 5) is 4.58. The molecule has 1 atom stereocenters. The fourth-order valence-electron chi connectivity index (χ4n) is 3.42. The molecule has 0 fully saturated rings. The van der Waals surface area contributed by atoms with Crippen LogP contribution < -0.4 is 5.32 Å². The molecule has 7 heteroatoms. The van der Waals surface area contributed by atoms with Crippen LogP contribution in [0.1, 0.15) is 30.7 Å². The molecule has 0 amide bonds. The highest BCUT2D eigenvalue weighted by Gasteiger charge is 2.32. The van der Waals surface area contributed by atoms with E-state index in [2.05, 4.69) is 10.3 Å². The fraction of sp³-hybridized carbons (Fsp3) is 0.208. The van der Waals surface area contributed by atoms with E-state index in [4.69, 9.17) is 27.6 Å². The third-order valence-electron chi connectivity index (χ3n) is 5.11. The van der Waals surface area contributed by atoms with Gasteiger partial charge < -0.3 is 9.73 Å². The first-order valence-electron chi connectivity index (χ1n) is 9.84. The van der Waals surface area contributed by atoms with E-state index in [1.807, 2.05) is 13.0 Å². The van der Waals surface area contributed by atoms with E-state index in [9.17, 15) is 8.78 Å². The number of oxazole rings is 1. The molecule has 0 saturated carbocycles. The zero-order valence-corrected chi connectivity index (χ0v) is 18.2. The van der Waals surface area contributed by atoms with Crippen molar-refractivity contribution in [1.82, 2.24) is 4.98 Å². The average Bonchev–Trinajstić information content (AvgIpc) is 2.97. The maximum Gasteiger partial charge on any atom is 0.289 e. The Hall–Kier alpha value is -2.63. The predicted octanol–water partition coefficient (Wildman–Crippen LogP) is 7.78. The highest BCUT2D eigenvalue weighted by Crippen LogP contribution is 2.33. The second-order valence-electron chi connectivity index (χ2n) is 7.37. The summed E-state index contributed by atoms with van der Waals surface area (Å²) in [6.07, 6.45) is 8.68. The number of rotatable bonds is 6. The van der Waals surface area contributed by atoms with Gasteiger partial charge in [-0.05, 0) is 49.2 Å². The minimum Gasteiger partial charge on any atom is -0.440 e. The lowest BCUT2D eigenvalue weighted by molar-refractivity contribution is 0.0601. The van der Waals surface area contributed by atoms with Gasteiger partial charge in [0.1, 0.15) is 5.52 Å². The second-order valence-corrected chi connectivity index (χ2v) is 8.24. The summed E-state index contributed by atoms with van der Waals surface area (Å²) in [5.41, 5.74) is 2.34. The van der Waals surface area contributed by atoms with Crippen molar-refractivity contribution in [2.24, 2.45) is 0 Å². The predicted molar refractivity (Wildman–Crippen MR) is 122 cm³/mol. The minimum absolute atomic E-state index is 0.00975. The molecule has 0 aliphatic heterocycles.